The second-order valence-electron chi connectivity index (χ2n) is 5.73. The Morgan fingerprint density at radius 2 is 1.88 bits per heavy atom. The molecule has 0 aromatic rings. The summed E-state index contributed by atoms with van der Waals surface area (Å²) < 4.78 is 0. The highest BCUT2D eigenvalue weighted by Crippen LogP contribution is 2.48. The molecule has 2 aliphatic carbocycles. The standard InChI is InChI=1S/C13H22N2O/c16-13(12-2-1-7-14-12)15-8-11(9-3-4-9)10-5-6-10/h9-12,14H,1-8H2,(H,15,16). The lowest BCUT2D eigenvalue weighted by Gasteiger charge is -2.18. The molecule has 3 heteroatoms. The van der Waals surface area contributed by atoms with Crippen LogP contribution in [0.5, 0.6) is 0 Å². The summed E-state index contributed by atoms with van der Waals surface area (Å²) in [5, 5.41) is 6.42. The normalized spacial score (nSPS) is 29.7. The molecule has 3 fully saturated rings. The third-order valence-electron chi connectivity index (χ3n) is 4.34. The Morgan fingerprint density at radius 3 is 2.38 bits per heavy atom. The largest absolute Gasteiger partial charge is 0.354 e. The minimum atomic E-state index is 0.0963. The predicted octanol–water partition coefficient (Wildman–Crippen LogP) is 1.29. The van der Waals surface area contributed by atoms with E-state index < -0.39 is 0 Å². The molecule has 1 saturated heterocycles. The van der Waals surface area contributed by atoms with Gasteiger partial charge in [0.1, 0.15) is 0 Å². The van der Waals surface area contributed by atoms with E-state index in [1.54, 1.807) is 0 Å². The van der Waals surface area contributed by atoms with Crippen LogP contribution in [0.15, 0.2) is 0 Å². The lowest BCUT2D eigenvalue weighted by atomic mass is 9.98. The minimum Gasteiger partial charge on any atom is -0.354 e. The first-order valence-corrected chi connectivity index (χ1v) is 6.85. The second-order valence-corrected chi connectivity index (χ2v) is 5.73. The fraction of sp³-hybridized carbons (Fsp3) is 0.923. The van der Waals surface area contributed by atoms with Crippen molar-refractivity contribution in [3.8, 4) is 0 Å². The number of carbonyl (C=O) groups excluding carboxylic acids is 1. The maximum atomic E-state index is 11.9. The van der Waals surface area contributed by atoms with Crippen molar-refractivity contribution in [2.75, 3.05) is 13.1 Å². The first-order valence-electron chi connectivity index (χ1n) is 6.85. The molecule has 0 bridgehead atoms. The average Bonchev–Trinajstić information content (AvgIpc) is 3.21. The summed E-state index contributed by atoms with van der Waals surface area (Å²) in [6.07, 6.45) is 7.77. The number of carbonyl (C=O) groups is 1. The van der Waals surface area contributed by atoms with Crippen molar-refractivity contribution in [1.29, 1.82) is 0 Å². The van der Waals surface area contributed by atoms with E-state index in [4.69, 9.17) is 0 Å². The lowest BCUT2D eigenvalue weighted by Crippen LogP contribution is -2.42. The van der Waals surface area contributed by atoms with Crippen molar-refractivity contribution >= 4 is 5.91 Å². The zero-order chi connectivity index (χ0) is 11.0. The molecule has 1 amide bonds. The molecule has 0 radical (unpaired) electrons. The minimum absolute atomic E-state index is 0.0963. The Hall–Kier alpha value is -0.570. The van der Waals surface area contributed by atoms with E-state index in [0.717, 1.165) is 43.7 Å². The topological polar surface area (TPSA) is 41.1 Å². The van der Waals surface area contributed by atoms with Gasteiger partial charge in [0.25, 0.3) is 0 Å². The number of hydrogen-bond acceptors (Lipinski definition) is 2. The van der Waals surface area contributed by atoms with E-state index in [0.29, 0.717) is 0 Å². The zero-order valence-corrected chi connectivity index (χ0v) is 9.87. The molecule has 3 nitrogen and oxygen atoms in total. The van der Waals surface area contributed by atoms with Gasteiger partial charge in [0, 0.05) is 6.54 Å². The first-order chi connectivity index (χ1) is 7.84. The molecule has 2 saturated carbocycles. The van der Waals surface area contributed by atoms with Gasteiger partial charge in [0.05, 0.1) is 6.04 Å². The average molecular weight is 222 g/mol. The first kappa shape index (κ1) is 10.6. The number of hydrogen-bond donors (Lipinski definition) is 2. The van der Waals surface area contributed by atoms with Crippen molar-refractivity contribution in [2.45, 2.75) is 44.6 Å². The number of amides is 1. The van der Waals surface area contributed by atoms with Gasteiger partial charge in [-0.1, -0.05) is 0 Å². The van der Waals surface area contributed by atoms with E-state index in [-0.39, 0.29) is 11.9 Å². The Balaban J connectivity index is 1.45. The SMILES string of the molecule is O=C(NCC(C1CC1)C1CC1)C1CCCN1. The van der Waals surface area contributed by atoms with Crippen LogP contribution in [0.2, 0.25) is 0 Å². The van der Waals surface area contributed by atoms with Gasteiger partial charge in [0.2, 0.25) is 5.91 Å². The van der Waals surface area contributed by atoms with Crippen LogP contribution in [0.4, 0.5) is 0 Å². The summed E-state index contributed by atoms with van der Waals surface area (Å²) in [6.45, 7) is 1.94. The van der Waals surface area contributed by atoms with Crippen molar-refractivity contribution in [1.82, 2.24) is 10.6 Å². The fourth-order valence-corrected chi connectivity index (χ4v) is 3.02. The van der Waals surface area contributed by atoms with E-state index in [1.807, 2.05) is 0 Å². The van der Waals surface area contributed by atoms with Gasteiger partial charge in [0.15, 0.2) is 0 Å². The Bertz CT molecular complexity index is 253. The molecular formula is C13H22N2O. The van der Waals surface area contributed by atoms with Crippen LogP contribution in [0.1, 0.15) is 38.5 Å². The third kappa shape index (κ3) is 2.40. The highest BCUT2D eigenvalue weighted by Gasteiger charge is 2.41. The molecule has 0 aromatic heterocycles. The molecular weight excluding hydrogens is 200 g/mol. The van der Waals surface area contributed by atoms with Crippen molar-refractivity contribution in [2.24, 2.45) is 17.8 Å². The Kier molecular flexibility index (Phi) is 2.88. The highest BCUT2D eigenvalue weighted by atomic mass is 16.2. The summed E-state index contributed by atoms with van der Waals surface area (Å²) in [7, 11) is 0. The van der Waals surface area contributed by atoms with E-state index in [1.165, 1.54) is 25.7 Å². The summed E-state index contributed by atoms with van der Waals surface area (Å²) >= 11 is 0. The molecule has 1 aliphatic heterocycles. The number of rotatable bonds is 5. The van der Waals surface area contributed by atoms with E-state index in [2.05, 4.69) is 10.6 Å². The van der Waals surface area contributed by atoms with Crippen molar-refractivity contribution < 1.29 is 4.79 Å². The molecule has 1 unspecified atom stereocenters. The molecule has 3 aliphatic rings. The summed E-state index contributed by atoms with van der Waals surface area (Å²) in [4.78, 5) is 11.9. The van der Waals surface area contributed by atoms with Crippen LogP contribution in [0.3, 0.4) is 0 Å². The monoisotopic (exact) mass is 222 g/mol. The molecule has 16 heavy (non-hydrogen) atoms. The smallest absolute Gasteiger partial charge is 0.237 e. The quantitative estimate of drug-likeness (QED) is 0.736. The highest BCUT2D eigenvalue weighted by molar-refractivity contribution is 5.81. The van der Waals surface area contributed by atoms with E-state index in [9.17, 15) is 4.79 Å². The second kappa shape index (κ2) is 4.36. The molecule has 1 atom stereocenters. The van der Waals surface area contributed by atoms with Crippen LogP contribution >= 0.6 is 0 Å². The summed E-state index contributed by atoms with van der Waals surface area (Å²) in [5.74, 6) is 2.91. The van der Waals surface area contributed by atoms with Crippen LogP contribution in [-0.2, 0) is 4.79 Å². The third-order valence-corrected chi connectivity index (χ3v) is 4.34. The van der Waals surface area contributed by atoms with Gasteiger partial charge in [-0.05, 0) is 62.8 Å². The molecule has 0 spiro atoms. The van der Waals surface area contributed by atoms with Crippen molar-refractivity contribution in [3.05, 3.63) is 0 Å². The van der Waals surface area contributed by atoms with Crippen LogP contribution in [0.25, 0.3) is 0 Å². The molecule has 1 heterocycles. The molecule has 3 rings (SSSR count). The maximum Gasteiger partial charge on any atom is 0.237 e. The lowest BCUT2D eigenvalue weighted by molar-refractivity contribution is -0.123. The Labute approximate surface area is 97.4 Å². The fourth-order valence-electron chi connectivity index (χ4n) is 3.02. The van der Waals surface area contributed by atoms with Crippen LogP contribution < -0.4 is 10.6 Å². The van der Waals surface area contributed by atoms with Crippen molar-refractivity contribution in [3.63, 3.8) is 0 Å². The van der Waals surface area contributed by atoms with Crippen LogP contribution in [-0.4, -0.2) is 25.0 Å². The van der Waals surface area contributed by atoms with Gasteiger partial charge in [-0.25, -0.2) is 0 Å². The number of nitrogens with one attached hydrogen (secondary N) is 2. The molecule has 90 valence electrons. The van der Waals surface area contributed by atoms with Gasteiger partial charge < -0.3 is 10.6 Å². The Morgan fingerprint density at radius 1 is 1.19 bits per heavy atom. The molecule has 2 N–H and O–H groups in total. The van der Waals surface area contributed by atoms with Gasteiger partial charge in [-0.15, -0.1) is 0 Å². The zero-order valence-electron chi connectivity index (χ0n) is 9.87. The summed E-state index contributed by atoms with van der Waals surface area (Å²) in [5.41, 5.74) is 0. The maximum absolute atomic E-state index is 11.9. The van der Waals surface area contributed by atoms with E-state index >= 15 is 0 Å². The molecule has 0 aromatic carbocycles. The van der Waals surface area contributed by atoms with Gasteiger partial charge in [-0.2, -0.15) is 0 Å². The van der Waals surface area contributed by atoms with Crippen LogP contribution in [0, 0.1) is 17.8 Å². The van der Waals surface area contributed by atoms with Gasteiger partial charge in [-0.3, -0.25) is 4.79 Å². The predicted molar refractivity (Wildman–Crippen MR) is 63.0 cm³/mol. The van der Waals surface area contributed by atoms with Gasteiger partial charge >= 0.3 is 0 Å². The summed E-state index contributed by atoms with van der Waals surface area (Å²) in [6, 6.07) is 0.0963.